The van der Waals surface area contributed by atoms with E-state index in [4.69, 9.17) is 4.74 Å². The summed E-state index contributed by atoms with van der Waals surface area (Å²) < 4.78 is 34.4. The van der Waals surface area contributed by atoms with E-state index in [0.717, 1.165) is 32.8 Å². The first-order valence-corrected chi connectivity index (χ1v) is 14.0. The lowest BCUT2D eigenvalue weighted by molar-refractivity contribution is -0.385. The zero-order valence-corrected chi connectivity index (χ0v) is 22.5. The molecular formula is C27H23N5O5S2. The number of nitro groups is 1. The van der Waals surface area contributed by atoms with Crippen molar-refractivity contribution in [3.05, 3.63) is 101 Å². The Morgan fingerprint density at radius 1 is 0.949 bits per heavy atom. The van der Waals surface area contributed by atoms with Gasteiger partial charge in [-0.15, -0.1) is 0 Å². The van der Waals surface area contributed by atoms with Crippen molar-refractivity contribution in [3.8, 4) is 5.75 Å². The van der Waals surface area contributed by atoms with Gasteiger partial charge in [0.05, 0.1) is 40.5 Å². The molecule has 0 fully saturated rings. The third-order valence-electron chi connectivity index (χ3n) is 5.93. The number of nitrogens with zero attached hydrogens (tertiary/aromatic N) is 2. The molecule has 0 amide bonds. The first-order valence-electron chi connectivity index (χ1n) is 11.7. The predicted octanol–water partition coefficient (Wildman–Crippen LogP) is 6.45. The standard InChI is InChI=1S/C27H23N5O5S2/c1-17(18-11-14-26-23(15-18)28-21-8-4-6-10-25(21)38-26)29-30-22-13-12-19(32(33)34)16-27(22)39(35,36)31-20-7-3-5-9-24(20)37-2/h3-16,28,30-31H,1-2H3. The number of fused-ring (bicyclic) bond motifs is 2. The van der Waals surface area contributed by atoms with Gasteiger partial charge in [-0.3, -0.25) is 20.3 Å². The third-order valence-corrected chi connectivity index (χ3v) is 8.49. The molecule has 198 valence electrons. The molecule has 1 aliphatic heterocycles. The molecule has 3 N–H and O–H groups in total. The number of para-hydroxylation sites is 3. The topological polar surface area (TPSA) is 135 Å². The van der Waals surface area contributed by atoms with Gasteiger partial charge in [0.1, 0.15) is 10.6 Å². The minimum absolute atomic E-state index is 0.0721. The molecule has 12 heteroatoms. The van der Waals surface area contributed by atoms with Crippen LogP contribution in [0.2, 0.25) is 0 Å². The van der Waals surface area contributed by atoms with Crippen LogP contribution in [0, 0.1) is 10.1 Å². The van der Waals surface area contributed by atoms with Gasteiger partial charge in [-0.1, -0.05) is 42.1 Å². The average molecular weight is 562 g/mol. The molecule has 39 heavy (non-hydrogen) atoms. The summed E-state index contributed by atoms with van der Waals surface area (Å²) >= 11 is 1.67. The zero-order chi connectivity index (χ0) is 27.6. The normalized spacial score (nSPS) is 12.5. The van der Waals surface area contributed by atoms with Crippen molar-refractivity contribution < 1.29 is 18.1 Å². The summed E-state index contributed by atoms with van der Waals surface area (Å²) in [5.74, 6) is 0.302. The van der Waals surface area contributed by atoms with E-state index in [1.165, 1.54) is 25.3 Å². The van der Waals surface area contributed by atoms with Crippen molar-refractivity contribution in [2.24, 2.45) is 5.10 Å². The van der Waals surface area contributed by atoms with Crippen LogP contribution in [0.1, 0.15) is 12.5 Å². The second-order valence-corrected chi connectivity index (χ2v) is 11.2. The van der Waals surface area contributed by atoms with Crippen LogP contribution in [0.25, 0.3) is 0 Å². The van der Waals surface area contributed by atoms with Crippen molar-refractivity contribution >= 4 is 55.9 Å². The van der Waals surface area contributed by atoms with E-state index in [2.05, 4.69) is 26.6 Å². The highest BCUT2D eigenvalue weighted by Crippen LogP contribution is 2.44. The van der Waals surface area contributed by atoms with Crippen LogP contribution in [-0.2, 0) is 10.0 Å². The first kappa shape index (κ1) is 26.1. The van der Waals surface area contributed by atoms with Gasteiger partial charge in [0.2, 0.25) is 0 Å². The minimum Gasteiger partial charge on any atom is -0.495 e. The highest BCUT2D eigenvalue weighted by Gasteiger charge is 2.24. The maximum absolute atomic E-state index is 13.4. The molecule has 0 radical (unpaired) electrons. The number of hydrogen-bond acceptors (Lipinski definition) is 9. The van der Waals surface area contributed by atoms with E-state index < -0.39 is 14.9 Å². The van der Waals surface area contributed by atoms with Crippen LogP contribution in [0.15, 0.2) is 105 Å². The van der Waals surface area contributed by atoms with Crippen LogP contribution in [-0.4, -0.2) is 26.2 Å². The number of sulfonamides is 1. The second kappa shape index (κ2) is 10.7. The largest absolute Gasteiger partial charge is 0.495 e. The third kappa shape index (κ3) is 5.52. The number of ether oxygens (including phenoxy) is 1. The summed E-state index contributed by atoms with van der Waals surface area (Å²) in [6, 6.07) is 23.9. The fraction of sp³-hybridized carbons (Fsp3) is 0.0741. The number of anilines is 4. The fourth-order valence-electron chi connectivity index (χ4n) is 3.94. The summed E-state index contributed by atoms with van der Waals surface area (Å²) in [4.78, 5) is 12.6. The van der Waals surface area contributed by atoms with Gasteiger partial charge in [0.15, 0.2) is 0 Å². The molecule has 0 saturated heterocycles. The molecule has 1 aliphatic rings. The Kier molecular flexibility index (Phi) is 7.13. The lowest BCUT2D eigenvalue weighted by Crippen LogP contribution is -2.16. The molecule has 0 unspecified atom stereocenters. The summed E-state index contributed by atoms with van der Waals surface area (Å²) in [6.07, 6.45) is 0. The van der Waals surface area contributed by atoms with Gasteiger partial charge in [-0.05, 0) is 55.0 Å². The Balaban J connectivity index is 1.44. The number of hydrazone groups is 1. The Labute approximate surface area is 229 Å². The van der Waals surface area contributed by atoms with Crippen LogP contribution >= 0.6 is 11.8 Å². The molecule has 0 spiro atoms. The van der Waals surface area contributed by atoms with Crippen molar-refractivity contribution in [1.29, 1.82) is 0 Å². The summed E-state index contributed by atoms with van der Waals surface area (Å²) in [5.41, 5.74) is 6.02. The summed E-state index contributed by atoms with van der Waals surface area (Å²) in [5, 5.41) is 19.2. The van der Waals surface area contributed by atoms with Crippen molar-refractivity contribution in [1.82, 2.24) is 0 Å². The van der Waals surface area contributed by atoms with Crippen molar-refractivity contribution in [3.63, 3.8) is 0 Å². The second-order valence-electron chi connectivity index (χ2n) is 8.49. The molecule has 1 heterocycles. The van der Waals surface area contributed by atoms with Crippen molar-refractivity contribution in [2.75, 3.05) is 22.6 Å². The van der Waals surface area contributed by atoms with Gasteiger partial charge < -0.3 is 10.1 Å². The maximum Gasteiger partial charge on any atom is 0.270 e. The highest BCUT2D eigenvalue weighted by atomic mass is 32.2. The van der Waals surface area contributed by atoms with E-state index >= 15 is 0 Å². The number of nitrogens with one attached hydrogen (secondary N) is 3. The molecule has 0 bridgehead atoms. The Bertz CT molecular complexity index is 1720. The van der Waals surface area contributed by atoms with Crippen LogP contribution < -0.4 is 20.2 Å². The molecule has 0 aromatic heterocycles. The van der Waals surface area contributed by atoms with Crippen LogP contribution in [0.3, 0.4) is 0 Å². The molecule has 0 atom stereocenters. The number of benzene rings is 4. The SMILES string of the molecule is COc1ccccc1NS(=O)(=O)c1cc([N+](=O)[O-])ccc1NN=C(C)c1ccc2c(c1)Nc1ccccc1S2. The van der Waals surface area contributed by atoms with Gasteiger partial charge in [0, 0.05) is 21.9 Å². The molecule has 4 aromatic rings. The number of methoxy groups -OCH3 is 1. The van der Waals surface area contributed by atoms with Crippen molar-refractivity contribution in [2.45, 2.75) is 21.6 Å². The van der Waals surface area contributed by atoms with E-state index in [9.17, 15) is 18.5 Å². The van der Waals surface area contributed by atoms with Crippen LogP contribution in [0.4, 0.5) is 28.4 Å². The lowest BCUT2D eigenvalue weighted by Gasteiger charge is -2.21. The highest BCUT2D eigenvalue weighted by molar-refractivity contribution is 7.99. The molecular weight excluding hydrogens is 538 g/mol. The first-order chi connectivity index (χ1) is 18.7. The number of hydrogen-bond donors (Lipinski definition) is 3. The number of rotatable bonds is 8. The summed E-state index contributed by atoms with van der Waals surface area (Å²) in [6.45, 7) is 1.78. The average Bonchev–Trinajstić information content (AvgIpc) is 2.94. The fourth-order valence-corrected chi connectivity index (χ4v) is 6.16. The zero-order valence-electron chi connectivity index (χ0n) is 20.8. The van der Waals surface area contributed by atoms with Gasteiger partial charge >= 0.3 is 0 Å². The van der Waals surface area contributed by atoms with E-state index in [0.29, 0.717) is 11.5 Å². The molecule has 4 aromatic carbocycles. The molecule has 0 saturated carbocycles. The van der Waals surface area contributed by atoms with E-state index in [1.54, 1.807) is 36.9 Å². The van der Waals surface area contributed by atoms with Gasteiger partial charge in [-0.25, -0.2) is 8.42 Å². The minimum atomic E-state index is -4.26. The monoisotopic (exact) mass is 561 g/mol. The Morgan fingerprint density at radius 3 is 2.49 bits per heavy atom. The number of nitro benzene ring substituents is 1. The number of non-ortho nitro benzene ring substituents is 1. The molecule has 0 aliphatic carbocycles. The molecule has 5 rings (SSSR count). The van der Waals surface area contributed by atoms with E-state index in [-0.39, 0.29) is 22.0 Å². The van der Waals surface area contributed by atoms with E-state index in [1.807, 2.05) is 36.4 Å². The quantitative estimate of drug-likeness (QED) is 0.112. The lowest BCUT2D eigenvalue weighted by atomic mass is 10.1. The predicted molar refractivity (Wildman–Crippen MR) is 153 cm³/mol. The summed E-state index contributed by atoms with van der Waals surface area (Å²) in [7, 11) is -2.85. The van der Waals surface area contributed by atoms with Gasteiger partial charge in [-0.2, -0.15) is 5.10 Å². The smallest absolute Gasteiger partial charge is 0.270 e. The maximum atomic E-state index is 13.4. The Morgan fingerprint density at radius 2 is 1.69 bits per heavy atom. The Hall–Kier alpha value is -4.55. The van der Waals surface area contributed by atoms with Gasteiger partial charge in [0.25, 0.3) is 15.7 Å². The molecule has 10 nitrogen and oxygen atoms in total. The van der Waals surface area contributed by atoms with Crippen LogP contribution in [0.5, 0.6) is 5.75 Å².